The fourth-order valence-corrected chi connectivity index (χ4v) is 7.30. The molecule has 0 saturated carbocycles. The number of ether oxygens (including phenoxy) is 1. The predicted molar refractivity (Wildman–Crippen MR) is 135 cm³/mol. The molecule has 1 aliphatic heterocycles. The maximum absolute atomic E-state index is 12.0. The molecule has 8 N–H and O–H groups in total. The summed E-state index contributed by atoms with van der Waals surface area (Å²) in [5, 5.41) is 21.1. The molecular weight excluding hydrogens is 654 g/mol. The quantitative estimate of drug-likeness (QED) is 0.0724. The first-order valence-electron chi connectivity index (χ1n) is 10.0. The first-order valence-corrected chi connectivity index (χ1v) is 16.4. The summed E-state index contributed by atoms with van der Waals surface area (Å²) < 4.78 is 52.6. The number of nitrogens with zero attached hydrogens (tertiary/aromatic N) is 4. The fraction of sp³-hybridized carbons (Fsp3) is 0.400. The Bertz CT molecular complexity index is 1410. The summed E-state index contributed by atoms with van der Waals surface area (Å²) in [6.45, 7) is -0.995. The van der Waals surface area contributed by atoms with Crippen molar-refractivity contribution >= 4 is 75.4 Å². The molecule has 0 aromatic carbocycles. The van der Waals surface area contributed by atoms with E-state index in [0.29, 0.717) is 11.3 Å². The van der Waals surface area contributed by atoms with E-state index in [4.69, 9.17) is 43.5 Å². The zero-order valence-electron chi connectivity index (χ0n) is 18.9. The Morgan fingerprint density at radius 3 is 2.44 bits per heavy atom. The number of hydrogen-bond donors (Lipinski definition) is 7. The zero-order valence-corrected chi connectivity index (χ0v) is 24.0. The van der Waals surface area contributed by atoms with Crippen molar-refractivity contribution in [3.63, 3.8) is 0 Å². The molecule has 1 aliphatic rings. The second-order valence-corrected chi connectivity index (χ2v) is 13.2. The number of nitrogens with two attached hydrogens (primary N) is 1. The van der Waals surface area contributed by atoms with Gasteiger partial charge in [0, 0.05) is 16.8 Å². The van der Waals surface area contributed by atoms with Gasteiger partial charge in [-0.05, 0) is 11.6 Å². The highest BCUT2D eigenvalue weighted by molar-refractivity contribution is 7.99. The maximum atomic E-state index is 12.0. The Labute approximate surface area is 232 Å². The summed E-state index contributed by atoms with van der Waals surface area (Å²) in [5.74, 6) is 0.304. The lowest BCUT2D eigenvalue weighted by Crippen LogP contribution is -2.33. The largest absolute Gasteiger partial charge is 0.490 e. The van der Waals surface area contributed by atoms with Gasteiger partial charge in [0.1, 0.15) is 23.8 Å². The van der Waals surface area contributed by atoms with Crippen molar-refractivity contribution in [3.8, 4) is 0 Å². The molecule has 1 saturated heterocycles. The first-order chi connectivity index (χ1) is 18.1. The summed E-state index contributed by atoms with van der Waals surface area (Å²) in [7, 11) is -16.8. The van der Waals surface area contributed by atoms with Crippen LogP contribution in [0.5, 0.6) is 0 Å². The van der Waals surface area contributed by atoms with Crippen LogP contribution in [0.2, 0.25) is 0 Å². The molecule has 2 unspecified atom stereocenters. The summed E-state index contributed by atoms with van der Waals surface area (Å²) in [4.78, 5) is 48.6. The van der Waals surface area contributed by atoms with E-state index in [1.54, 1.807) is 6.08 Å². The molecule has 24 heteroatoms. The summed E-state index contributed by atoms with van der Waals surface area (Å²) in [6, 6.07) is 0. The molecule has 0 spiro atoms. The molecule has 0 amide bonds. The second kappa shape index (κ2) is 12.9. The first kappa shape index (κ1) is 32.6. The Hall–Kier alpha value is -0.950. The lowest BCUT2D eigenvalue weighted by atomic mass is 10.1. The van der Waals surface area contributed by atoms with Crippen molar-refractivity contribution in [2.45, 2.75) is 29.7 Å². The van der Waals surface area contributed by atoms with Crippen LogP contribution in [0, 0.1) is 0 Å². The summed E-state index contributed by atoms with van der Waals surface area (Å²) in [6.07, 6.45) is -3.53. The van der Waals surface area contributed by atoms with Gasteiger partial charge in [-0.1, -0.05) is 35.0 Å². The van der Waals surface area contributed by atoms with Crippen molar-refractivity contribution in [1.82, 2.24) is 19.5 Å². The van der Waals surface area contributed by atoms with E-state index in [9.17, 15) is 33.7 Å². The van der Waals surface area contributed by atoms with Crippen LogP contribution in [0.1, 0.15) is 6.23 Å². The third-order valence-electron chi connectivity index (χ3n) is 4.64. The average molecular weight is 674 g/mol. The fourth-order valence-electron chi connectivity index (χ4n) is 3.08. The van der Waals surface area contributed by atoms with Gasteiger partial charge in [0.15, 0.2) is 22.8 Å². The number of phosphoric ester groups is 1. The number of thioether (sulfide) groups is 1. The normalized spacial score (nSPS) is 25.8. The van der Waals surface area contributed by atoms with E-state index >= 15 is 0 Å². The topological polar surface area (TPSA) is 279 Å². The number of rotatable bonds is 12. The molecule has 0 radical (unpaired) electrons. The molecule has 6 atom stereocenters. The summed E-state index contributed by atoms with van der Waals surface area (Å²) in [5.41, 5.74) is 9.43. The van der Waals surface area contributed by atoms with Gasteiger partial charge >= 0.3 is 23.5 Å². The van der Waals surface area contributed by atoms with E-state index < -0.39 is 54.6 Å². The van der Waals surface area contributed by atoms with Crippen molar-refractivity contribution in [2.75, 3.05) is 18.1 Å². The van der Waals surface area contributed by atoms with Gasteiger partial charge in [-0.3, -0.25) is 9.09 Å². The van der Waals surface area contributed by atoms with Gasteiger partial charge in [-0.15, -0.1) is 0 Å². The molecule has 3 rings (SSSR count). The minimum Gasteiger partial charge on any atom is -0.387 e. The molecule has 2 aromatic heterocycles. The Kier molecular flexibility index (Phi) is 10.8. The minimum atomic E-state index is -5.75. The monoisotopic (exact) mass is 673 g/mol. The highest BCUT2D eigenvalue weighted by Gasteiger charge is 2.47. The van der Waals surface area contributed by atoms with Crippen molar-refractivity contribution < 1.29 is 61.4 Å². The van der Waals surface area contributed by atoms with Crippen LogP contribution in [-0.2, 0) is 31.6 Å². The van der Waals surface area contributed by atoms with Crippen LogP contribution in [-0.4, -0.2) is 80.0 Å². The number of aliphatic hydroxyl groups excluding tert-OH is 2. The van der Waals surface area contributed by atoms with Crippen LogP contribution in [0.15, 0.2) is 34.2 Å². The highest BCUT2D eigenvalue weighted by atomic mass is 35.5. The molecular formula is C15H20Cl2N5O13P3S. The van der Waals surface area contributed by atoms with Gasteiger partial charge in [-0.2, -0.15) is 8.62 Å². The number of hydrogen-bond acceptors (Lipinski definition) is 14. The highest BCUT2D eigenvalue weighted by Crippen LogP contribution is 2.66. The van der Waals surface area contributed by atoms with Gasteiger partial charge in [0.05, 0.1) is 12.9 Å². The van der Waals surface area contributed by atoms with Gasteiger partial charge in [-0.25, -0.2) is 28.6 Å². The number of nitrogen functional groups attached to an aromatic ring is 1. The molecule has 3 heterocycles. The van der Waals surface area contributed by atoms with Gasteiger partial charge < -0.3 is 40.3 Å². The number of allylic oxidation sites excluding steroid dienone is 1. The lowest BCUT2D eigenvalue weighted by Gasteiger charge is -2.19. The average Bonchev–Trinajstić information content (AvgIpc) is 3.34. The van der Waals surface area contributed by atoms with E-state index in [1.165, 1.54) is 22.0 Å². The zero-order chi connectivity index (χ0) is 29.2. The second-order valence-electron chi connectivity index (χ2n) is 7.41. The van der Waals surface area contributed by atoms with E-state index in [1.807, 2.05) is 0 Å². The van der Waals surface area contributed by atoms with Crippen LogP contribution in [0.3, 0.4) is 0 Å². The van der Waals surface area contributed by atoms with E-state index in [2.05, 4.69) is 28.1 Å². The number of aliphatic hydroxyl groups is 2. The third kappa shape index (κ3) is 8.77. The van der Waals surface area contributed by atoms with Gasteiger partial charge in [0.2, 0.25) is 0 Å². The molecule has 2 aromatic rings. The molecule has 18 nitrogen and oxygen atoms in total. The van der Waals surface area contributed by atoms with Crippen molar-refractivity contribution in [1.29, 1.82) is 0 Å². The third-order valence-corrected chi connectivity index (χ3v) is 9.77. The SMILES string of the molecule is Nc1nc(SCC(C=CCl)=CCl)nc2c1ncn2[C@@H]1O[C@H](COP(=O)(O)OP(=O)(O)OP(=O)(O)O)[C@@H](O)[C@H]1O. The van der Waals surface area contributed by atoms with Gasteiger partial charge in [0.25, 0.3) is 0 Å². The van der Waals surface area contributed by atoms with E-state index in [0.717, 1.165) is 11.8 Å². The maximum Gasteiger partial charge on any atom is 0.490 e. The van der Waals surface area contributed by atoms with Crippen LogP contribution in [0.25, 0.3) is 11.2 Å². The van der Waals surface area contributed by atoms with Crippen molar-refractivity contribution in [2.24, 2.45) is 0 Å². The number of aromatic nitrogens is 4. The molecule has 39 heavy (non-hydrogen) atoms. The van der Waals surface area contributed by atoms with Crippen LogP contribution in [0.4, 0.5) is 5.82 Å². The summed E-state index contributed by atoms with van der Waals surface area (Å²) >= 11 is 12.4. The number of fused-ring (bicyclic) bond motifs is 1. The number of anilines is 1. The number of imidazole rings is 1. The van der Waals surface area contributed by atoms with Crippen LogP contribution < -0.4 is 5.73 Å². The van der Waals surface area contributed by atoms with E-state index in [-0.39, 0.29) is 22.1 Å². The van der Waals surface area contributed by atoms with Crippen LogP contribution >= 0.6 is 58.4 Å². The smallest absolute Gasteiger partial charge is 0.387 e. The Morgan fingerprint density at radius 2 is 1.82 bits per heavy atom. The Balaban J connectivity index is 1.75. The molecule has 218 valence electrons. The van der Waals surface area contributed by atoms with Crippen molar-refractivity contribution in [3.05, 3.63) is 29.0 Å². The lowest BCUT2D eigenvalue weighted by molar-refractivity contribution is -0.0503. The number of halogens is 2. The molecule has 0 bridgehead atoms. The Morgan fingerprint density at radius 1 is 1.13 bits per heavy atom. The predicted octanol–water partition coefficient (Wildman–Crippen LogP) is 1.34. The molecule has 1 fully saturated rings. The molecule has 0 aliphatic carbocycles. The number of phosphoric acid groups is 3. The minimum absolute atomic E-state index is 0.0113. The standard InChI is InChI=1S/C15H20Cl2N5O13P3S/c16-2-1-7(3-17)5-39-15-20-12(18)9-13(21-15)22(6-19-9)14-11(24)10(23)8(33-14)4-32-37(28,29)35-38(30,31)34-36(25,26)27/h1-3,6,8,10-11,14,23-24H,4-5H2,(H,28,29)(H,30,31)(H2,18,20,21)(H2,25,26,27)/t8-,10-,11-,14-/m1/s1.